The fourth-order valence-electron chi connectivity index (χ4n) is 3.58. The molecule has 2 N–H and O–H groups in total. The number of aryl methyl sites for hydroxylation is 2. The summed E-state index contributed by atoms with van der Waals surface area (Å²) in [6, 6.07) is 12.6. The van der Waals surface area contributed by atoms with Crippen LogP contribution in [0.15, 0.2) is 55.0 Å². The average molecular weight is 385 g/mol. The van der Waals surface area contributed by atoms with Crippen LogP contribution >= 0.6 is 0 Å². The number of hydrogen-bond donors (Lipinski definition) is 2. The summed E-state index contributed by atoms with van der Waals surface area (Å²) < 4.78 is 7.82. The number of anilines is 2. The van der Waals surface area contributed by atoms with E-state index in [0.29, 0.717) is 6.61 Å². The third kappa shape index (κ3) is 3.43. The Bertz CT molecular complexity index is 1200. The molecule has 6 nitrogen and oxygen atoms in total. The topological polar surface area (TPSA) is 63.5 Å². The maximum absolute atomic E-state index is 5.81. The number of hydrogen-bond acceptors (Lipinski definition) is 5. The molecule has 29 heavy (non-hydrogen) atoms. The molecule has 4 aromatic rings. The first-order valence-corrected chi connectivity index (χ1v) is 9.82. The van der Waals surface area contributed by atoms with Crippen LogP contribution in [0.4, 0.5) is 11.5 Å². The summed E-state index contributed by atoms with van der Waals surface area (Å²) in [5.74, 6) is 1.68. The number of nitrogens with one attached hydrogen (secondary N) is 2. The number of benzene rings is 2. The molecule has 0 bridgehead atoms. The molecule has 1 aliphatic heterocycles. The molecule has 6 heteroatoms. The van der Waals surface area contributed by atoms with E-state index in [9.17, 15) is 0 Å². The highest BCUT2D eigenvalue weighted by molar-refractivity contribution is 5.74. The Morgan fingerprint density at radius 2 is 2.03 bits per heavy atom. The molecule has 3 heterocycles. The molecule has 0 spiro atoms. The van der Waals surface area contributed by atoms with Crippen molar-refractivity contribution in [2.75, 3.05) is 18.5 Å². The Morgan fingerprint density at radius 3 is 2.93 bits per heavy atom. The van der Waals surface area contributed by atoms with Gasteiger partial charge in [-0.1, -0.05) is 6.07 Å². The minimum absolute atomic E-state index is 0.690. The second-order valence-electron chi connectivity index (χ2n) is 7.40. The van der Waals surface area contributed by atoms with Crippen molar-refractivity contribution in [3.05, 3.63) is 71.7 Å². The number of fused-ring (bicyclic) bond motifs is 2. The van der Waals surface area contributed by atoms with Crippen LogP contribution in [-0.2, 0) is 6.54 Å². The van der Waals surface area contributed by atoms with Gasteiger partial charge in [-0.2, -0.15) is 0 Å². The number of nitrogens with zero attached hydrogens (tertiary/aromatic N) is 3. The van der Waals surface area contributed by atoms with Gasteiger partial charge in [0.05, 0.1) is 5.69 Å². The first kappa shape index (κ1) is 17.7. The van der Waals surface area contributed by atoms with Crippen LogP contribution in [0, 0.1) is 13.8 Å². The van der Waals surface area contributed by atoms with E-state index in [4.69, 9.17) is 9.72 Å². The summed E-state index contributed by atoms with van der Waals surface area (Å²) in [5.41, 5.74) is 7.39. The predicted molar refractivity (Wildman–Crippen MR) is 115 cm³/mol. The van der Waals surface area contributed by atoms with Gasteiger partial charge in [0.1, 0.15) is 12.4 Å². The summed E-state index contributed by atoms with van der Waals surface area (Å²) in [4.78, 5) is 9.39. The zero-order valence-electron chi connectivity index (χ0n) is 16.6. The van der Waals surface area contributed by atoms with Crippen molar-refractivity contribution in [1.29, 1.82) is 0 Å². The molecule has 0 amide bonds. The zero-order chi connectivity index (χ0) is 19.8. The van der Waals surface area contributed by atoms with Crippen molar-refractivity contribution >= 4 is 17.2 Å². The summed E-state index contributed by atoms with van der Waals surface area (Å²) >= 11 is 0. The highest BCUT2D eigenvalue weighted by Gasteiger charge is 2.13. The minimum Gasteiger partial charge on any atom is -0.492 e. The molecule has 1 aliphatic rings. The quantitative estimate of drug-likeness (QED) is 0.552. The van der Waals surface area contributed by atoms with Crippen molar-refractivity contribution in [3.8, 4) is 17.0 Å². The van der Waals surface area contributed by atoms with Crippen molar-refractivity contribution < 1.29 is 4.74 Å². The molecule has 0 radical (unpaired) electrons. The van der Waals surface area contributed by atoms with E-state index < -0.39 is 0 Å². The fraction of sp³-hybridized carbons (Fsp3) is 0.217. The van der Waals surface area contributed by atoms with Gasteiger partial charge in [-0.25, -0.2) is 9.97 Å². The van der Waals surface area contributed by atoms with E-state index in [2.05, 4.69) is 59.8 Å². The van der Waals surface area contributed by atoms with E-state index in [1.54, 1.807) is 6.20 Å². The number of imidazole rings is 1. The first-order valence-electron chi connectivity index (χ1n) is 9.82. The molecule has 0 unspecified atom stereocenters. The predicted octanol–water partition coefficient (Wildman–Crippen LogP) is 4.24. The third-order valence-corrected chi connectivity index (χ3v) is 5.35. The summed E-state index contributed by atoms with van der Waals surface area (Å²) in [6.45, 7) is 6.57. The molecule has 146 valence electrons. The first-order chi connectivity index (χ1) is 14.2. The second kappa shape index (κ2) is 7.22. The Hall–Kier alpha value is -3.38. The van der Waals surface area contributed by atoms with Crippen LogP contribution < -0.4 is 15.4 Å². The van der Waals surface area contributed by atoms with Crippen molar-refractivity contribution in [2.24, 2.45) is 0 Å². The molecule has 0 fully saturated rings. The van der Waals surface area contributed by atoms with E-state index in [0.717, 1.165) is 52.8 Å². The van der Waals surface area contributed by atoms with Crippen LogP contribution in [0.2, 0.25) is 0 Å². The summed E-state index contributed by atoms with van der Waals surface area (Å²) in [7, 11) is 0. The monoisotopic (exact) mass is 385 g/mol. The molecular formula is C23H23N5O. The van der Waals surface area contributed by atoms with Crippen molar-refractivity contribution in [2.45, 2.75) is 20.4 Å². The Balaban J connectivity index is 1.57. The molecule has 0 atom stereocenters. The average Bonchev–Trinajstić information content (AvgIpc) is 3.08. The molecule has 0 saturated heterocycles. The summed E-state index contributed by atoms with van der Waals surface area (Å²) in [5, 5.41) is 6.84. The SMILES string of the molecule is Cc1ccc(Nc2nc(-c3ccc4c(c3)CNCCO4)cn3ccnc23)cc1C. The van der Waals surface area contributed by atoms with Gasteiger partial charge in [-0.15, -0.1) is 0 Å². The van der Waals surface area contributed by atoms with Crippen LogP contribution in [0.25, 0.3) is 16.9 Å². The van der Waals surface area contributed by atoms with Crippen LogP contribution in [0.5, 0.6) is 5.75 Å². The van der Waals surface area contributed by atoms with E-state index in [1.807, 2.05) is 22.9 Å². The minimum atomic E-state index is 0.690. The Labute approximate surface area is 169 Å². The number of aromatic nitrogens is 3. The second-order valence-corrected chi connectivity index (χ2v) is 7.40. The molecule has 2 aromatic carbocycles. The maximum Gasteiger partial charge on any atom is 0.180 e. The van der Waals surface area contributed by atoms with E-state index in [1.165, 1.54) is 11.1 Å². The van der Waals surface area contributed by atoms with Crippen LogP contribution in [0.3, 0.4) is 0 Å². The smallest absolute Gasteiger partial charge is 0.180 e. The molecule has 2 aromatic heterocycles. The highest BCUT2D eigenvalue weighted by atomic mass is 16.5. The van der Waals surface area contributed by atoms with Gasteiger partial charge in [-0.3, -0.25) is 0 Å². The van der Waals surface area contributed by atoms with Gasteiger partial charge < -0.3 is 19.8 Å². The summed E-state index contributed by atoms with van der Waals surface area (Å²) in [6.07, 6.45) is 5.75. The lowest BCUT2D eigenvalue weighted by atomic mass is 10.1. The number of ether oxygens (including phenoxy) is 1. The lowest BCUT2D eigenvalue weighted by molar-refractivity contribution is 0.326. The lowest BCUT2D eigenvalue weighted by Crippen LogP contribution is -2.16. The highest BCUT2D eigenvalue weighted by Crippen LogP contribution is 2.29. The van der Waals surface area contributed by atoms with Gasteiger partial charge >= 0.3 is 0 Å². The molecular weight excluding hydrogens is 362 g/mol. The van der Waals surface area contributed by atoms with E-state index >= 15 is 0 Å². The Morgan fingerprint density at radius 1 is 1.10 bits per heavy atom. The maximum atomic E-state index is 5.81. The fourth-order valence-corrected chi connectivity index (χ4v) is 3.58. The van der Waals surface area contributed by atoms with Gasteiger partial charge in [-0.05, 0) is 55.3 Å². The largest absolute Gasteiger partial charge is 0.492 e. The van der Waals surface area contributed by atoms with Crippen molar-refractivity contribution in [3.63, 3.8) is 0 Å². The normalized spacial score (nSPS) is 13.6. The molecule has 0 aliphatic carbocycles. The van der Waals surface area contributed by atoms with Crippen LogP contribution in [-0.4, -0.2) is 27.5 Å². The van der Waals surface area contributed by atoms with Gasteiger partial charge in [0.25, 0.3) is 0 Å². The van der Waals surface area contributed by atoms with Gasteiger partial charge in [0.15, 0.2) is 11.5 Å². The number of rotatable bonds is 3. The Kier molecular flexibility index (Phi) is 4.41. The third-order valence-electron chi connectivity index (χ3n) is 5.35. The standard InChI is InChI=1S/C23H23N5O/c1-15-3-5-19(11-16(15)2)26-22-23-25-7-9-28(23)14-20(27-22)17-4-6-21-18(12-17)13-24-8-10-29-21/h3-7,9,11-12,14,24H,8,10,13H2,1-2H3,(H,26,27). The van der Waals surface area contributed by atoms with Gasteiger partial charge in [0.2, 0.25) is 0 Å². The van der Waals surface area contributed by atoms with Gasteiger partial charge in [0, 0.05) is 48.5 Å². The zero-order valence-corrected chi connectivity index (χ0v) is 16.6. The molecule has 5 rings (SSSR count). The van der Waals surface area contributed by atoms with E-state index in [-0.39, 0.29) is 0 Å². The molecule has 0 saturated carbocycles. The lowest BCUT2D eigenvalue weighted by Gasteiger charge is -2.13. The van der Waals surface area contributed by atoms with Crippen molar-refractivity contribution in [1.82, 2.24) is 19.7 Å². The van der Waals surface area contributed by atoms with Crippen LogP contribution in [0.1, 0.15) is 16.7 Å².